The molecule has 0 aliphatic carbocycles. The fourth-order valence-corrected chi connectivity index (χ4v) is 0.789. The van der Waals surface area contributed by atoms with Crippen LogP contribution in [0.15, 0.2) is 30.9 Å². The number of hydrogen-bond donors (Lipinski definition) is 2. The third-order valence-corrected chi connectivity index (χ3v) is 1.40. The van der Waals surface area contributed by atoms with Gasteiger partial charge in [0, 0.05) is 6.07 Å². The second-order valence-electron chi connectivity index (χ2n) is 2.36. The first kappa shape index (κ1) is 9.25. The molecule has 0 saturated carbocycles. The highest BCUT2D eigenvalue weighted by atomic mass is 19.1. The molecule has 0 unspecified atom stereocenters. The molecule has 0 aliphatic rings. The van der Waals surface area contributed by atoms with E-state index in [-0.39, 0.29) is 11.4 Å². The number of hydrogen-bond acceptors (Lipinski definition) is 2. The summed E-state index contributed by atoms with van der Waals surface area (Å²) >= 11 is 0. The molecule has 3 nitrogen and oxygen atoms in total. The molecule has 0 radical (unpaired) electrons. The van der Waals surface area contributed by atoms with Crippen LogP contribution in [0.2, 0.25) is 0 Å². The summed E-state index contributed by atoms with van der Waals surface area (Å²) in [5.74, 6) is -1.37. The summed E-state index contributed by atoms with van der Waals surface area (Å²) in [4.78, 5) is 10.8. The third-order valence-electron chi connectivity index (χ3n) is 1.40. The smallest absolute Gasteiger partial charge is 0.247 e. The average Bonchev–Trinajstić information content (AvgIpc) is 2.09. The molecule has 0 aromatic heterocycles. The summed E-state index contributed by atoms with van der Waals surface area (Å²) in [5, 5.41) is 11.1. The molecule has 13 heavy (non-hydrogen) atoms. The van der Waals surface area contributed by atoms with E-state index in [9.17, 15) is 9.18 Å². The van der Waals surface area contributed by atoms with Gasteiger partial charge in [-0.25, -0.2) is 4.39 Å². The van der Waals surface area contributed by atoms with Crippen molar-refractivity contribution in [1.29, 1.82) is 0 Å². The molecule has 1 amide bonds. The minimum atomic E-state index is -0.685. The van der Waals surface area contributed by atoms with E-state index in [1.807, 2.05) is 0 Å². The molecule has 0 spiro atoms. The standard InChI is InChI=1S/C9H8FNO2/c1-2-9(13)11-8-4-3-6(12)5-7(8)10/h2-5,12H,1H2,(H,11,13). The first-order chi connectivity index (χ1) is 6.13. The van der Waals surface area contributed by atoms with Gasteiger partial charge in [0.05, 0.1) is 5.69 Å². The number of rotatable bonds is 2. The van der Waals surface area contributed by atoms with Crippen LogP contribution < -0.4 is 5.32 Å². The number of phenols is 1. The first-order valence-corrected chi connectivity index (χ1v) is 3.55. The SMILES string of the molecule is C=CC(=O)Nc1ccc(O)cc1F. The van der Waals surface area contributed by atoms with Crippen LogP contribution in [0.3, 0.4) is 0 Å². The molecule has 68 valence electrons. The van der Waals surface area contributed by atoms with Gasteiger partial charge in [-0.2, -0.15) is 0 Å². The lowest BCUT2D eigenvalue weighted by molar-refractivity contribution is -0.111. The van der Waals surface area contributed by atoms with Gasteiger partial charge >= 0.3 is 0 Å². The number of benzene rings is 1. The summed E-state index contributed by atoms with van der Waals surface area (Å²) in [5.41, 5.74) is 0.0164. The Hall–Kier alpha value is -1.84. The van der Waals surface area contributed by atoms with Gasteiger partial charge in [-0.05, 0) is 18.2 Å². The Morgan fingerprint density at radius 2 is 2.31 bits per heavy atom. The zero-order chi connectivity index (χ0) is 9.84. The zero-order valence-corrected chi connectivity index (χ0v) is 6.75. The predicted octanol–water partition coefficient (Wildman–Crippen LogP) is 1.66. The lowest BCUT2D eigenvalue weighted by Crippen LogP contribution is -2.08. The molecule has 0 bridgehead atoms. The lowest BCUT2D eigenvalue weighted by Gasteiger charge is -2.03. The van der Waals surface area contributed by atoms with Crippen molar-refractivity contribution >= 4 is 11.6 Å². The Bertz CT molecular complexity index is 349. The molecule has 0 heterocycles. The quantitative estimate of drug-likeness (QED) is 0.538. The van der Waals surface area contributed by atoms with Gasteiger partial charge in [0.25, 0.3) is 0 Å². The summed E-state index contributed by atoms with van der Waals surface area (Å²) < 4.78 is 12.9. The largest absolute Gasteiger partial charge is 0.508 e. The average molecular weight is 181 g/mol. The monoisotopic (exact) mass is 181 g/mol. The summed E-state index contributed by atoms with van der Waals surface area (Å²) in [7, 11) is 0. The molecule has 0 atom stereocenters. The van der Waals surface area contributed by atoms with E-state index in [0.29, 0.717) is 0 Å². The van der Waals surface area contributed by atoms with Crippen molar-refractivity contribution in [2.75, 3.05) is 5.32 Å². The van der Waals surface area contributed by atoms with Crippen molar-refractivity contribution in [3.8, 4) is 5.75 Å². The van der Waals surface area contributed by atoms with E-state index >= 15 is 0 Å². The Labute approximate surface area is 74.5 Å². The minimum absolute atomic E-state index is 0.0164. The number of carbonyl (C=O) groups is 1. The van der Waals surface area contributed by atoms with Crippen LogP contribution in [0, 0.1) is 5.82 Å². The van der Waals surface area contributed by atoms with Gasteiger partial charge in [-0.3, -0.25) is 4.79 Å². The van der Waals surface area contributed by atoms with Crippen LogP contribution in [-0.2, 0) is 4.79 Å². The van der Waals surface area contributed by atoms with Crippen molar-refractivity contribution in [3.05, 3.63) is 36.7 Å². The molecule has 0 saturated heterocycles. The summed E-state index contributed by atoms with van der Waals surface area (Å²) in [6.07, 6.45) is 1.03. The molecule has 1 aromatic carbocycles. The van der Waals surface area contributed by atoms with E-state index in [1.54, 1.807) is 0 Å². The second-order valence-corrected chi connectivity index (χ2v) is 2.36. The third kappa shape index (κ3) is 2.30. The second kappa shape index (κ2) is 3.71. The maximum Gasteiger partial charge on any atom is 0.247 e. The molecule has 4 heteroatoms. The lowest BCUT2D eigenvalue weighted by atomic mass is 10.3. The molecule has 0 fully saturated rings. The highest BCUT2D eigenvalue weighted by Crippen LogP contribution is 2.18. The van der Waals surface area contributed by atoms with E-state index in [0.717, 1.165) is 12.1 Å². The Balaban J connectivity index is 2.89. The van der Waals surface area contributed by atoms with Crippen LogP contribution in [0.4, 0.5) is 10.1 Å². The first-order valence-electron chi connectivity index (χ1n) is 3.55. The van der Waals surface area contributed by atoms with Gasteiger partial charge in [0.2, 0.25) is 5.91 Å². The van der Waals surface area contributed by atoms with Crippen LogP contribution >= 0.6 is 0 Å². The number of amides is 1. The van der Waals surface area contributed by atoms with Gasteiger partial charge in [-0.15, -0.1) is 0 Å². The Morgan fingerprint density at radius 3 is 2.85 bits per heavy atom. The molecule has 2 N–H and O–H groups in total. The zero-order valence-electron chi connectivity index (χ0n) is 6.75. The van der Waals surface area contributed by atoms with Gasteiger partial charge in [0.15, 0.2) is 0 Å². The van der Waals surface area contributed by atoms with Crippen LogP contribution in [0.5, 0.6) is 5.75 Å². The van der Waals surface area contributed by atoms with E-state index in [1.165, 1.54) is 12.1 Å². The number of phenolic OH excluding ortho intramolecular Hbond substituents is 1. The molecular weight excluding hydrogens is 173 g/mol. The molecule has 0 aliphatic heterocycles. The minimum Gasteiger partial charge on any atom is -0.508 e. The Morgan fingerprint density at radius 1 is 1.62 bits per heavy atom. The number of carbonyl (C=O) groups excluding carboxylic acids is 1. The van der Waals surface area contributed by atoms with Crippen LogP contribution in [0.25, 0.3) is 0 Å². The van der Waals surface area contributed by atoms with Gasteiger partial charge in [0.1, 0.15) is 11.6 Å². The summed E-state index contributed by atoms with van der Waals surface area (Å²) in [6.45, 7) is 3.22. The highest BCUT2D eigenvalue weighted by Gasteiger charge is 2.04. The highest BCUT2D eigenvalue weighted by molar-refractivity contribution is 5.98. The van der Waals surface area contributed by atoms with Crippen molar-refractivity contribution in [2.45, 2.75) is 0 Å². The van der Waals surface area contributed by atoms with Crippen LogP contribution in [0.1, 0.15) is 0 Å². The van der Waals surface area contributed by atoms with Gasteiger partial charge < -0.3 is 10.4 Å². The topological polar surface area (TPSA) is 49.3 Å². The Kier molecular flexibility index (Phi) is 2.64. The number of nitrogens with one attached hydrogen (secondary N) is 1. The van der Waals surface area contributed by atoms with Crippen LogP contribution in [-0.4, -0.2) is 11.0 Å². The maximum absolute atomic E-state index is 12.9. The van der Waals surface area contributed by atoms with Crippen molar-refractivity contribution < 1.29 is 14.3 Å². The molecular formula is C9H8FNO2. The van der Waals surface area contributed by atoms with Crippen molar-refractivity contribution in [2.24, 2.45) is 0 Å². The fourth-order valence-electron chi connectivity index (χ4n) is 0.789. The number of anilines is 1. The van der Waals surface area contributed by atoms with E-state index < -0.39 is 11.7 Å². The van der Waals surface area contributed by atoms with Crippen molar-refractivity contribution in [1.82, 2.24) is 0 Å². The number of halogens is 1. The normalized spacial score (nSPS) is 9.31. The van der Waals surface area contributed by atoms with E-state index in [2.05, 4.69) is 11.9 Å². The number of aromatic hydroxyl groups is 1. The van der Waals surface area contributed by atoms with Crippen molar-refractivity contribution in [3.63, 3.8) is 0 Å². The van der Waals surface area contributed by atoms with Gasteiger partial charge in [-0.1, -0.05) is 6.58 Å². The van der Waals surface area contributed by atoms with E-state index in [4.69, 9.17) is 5.11 Å². The molecule has 1 rings (SSSR count). The fraction of sp³-hybridized carbons (Fsp3) is 0. The molecule has 1 aromatic rings. The predicted molar refractivity (Wildman–Crippen MR) is 46.9 cm³/mol. The maximum atomic E-state index is 12.9. The summed E-state index contributed by atoms with van der Waals surface area (Å²) in [6, 6.07) is 3.46.